The molecule has 3 aromatic rings. The summed E-state index contributed by atoms with van der Waals surface area (Å²) < 4.78 is 11.7. The van der Waals surface area contributed by atoms with Crippen LogP contribution in [0.3, 0.4) is 0 Å². The molecular weight excluding hydrogens is 338 g/mol. The Labute approximate surface area is 159 Å². The van der Waals surface area contributed by atoms with Crippen molar-refractivity contribution in [2.75, 3.05) is 12.4 Å². The molecule has 4 rings (SSSR count). The summed E-state index contributed by atoms with van der Waals surface area (Å²) in [6.07, 6.45) is 6.84. The molecule has 2 aromatic carbocycles. The third-order valence-corrected chi connectivity index (χ3v) is 5.10. The number of nitrogens with zero attached hydrogens (tertiary/aromatic N) is 2. The van der Waals surface area contributed by atoms with Gasteiger partial charge >= 0.3 is 0 Å². The van der Waals surface area contributed by atoms with Crippen molar-refractivity contribution >= 4 is 16.9 Å². The van der Waals surface area contributed by atoms with Gasteiger partial charge in [-0.2, -0.15) is 0 Å². The molecule has 1 unspecified atom stereocenters. The second kappa shape index (κ2) is 7.82. The van der Waals surface area contributed by atoms with E-state index in [0.29, 0.717) is 6.10 Å². The molecule has 1 aliphatic rings. The Hall–Kier alpha value is -2.82. The maximum Gasteiger partial charge on any atom is 0.161 e. The lowest BCUT2D eigenvalue weighted by Crippen LogP contribution is -2.12. The van der Waals surface area contributed by atoms with E-state index in [1.54, 1.807) is 13.3 Å². The standard InChI is InChI=1S/C22H25N3O2/c1-15(24-22-14-23-18-9-5-6-10-19(18)25-22)16-11-12-20(21(13-16)26-2)27-17-7-3-4-8-17/h5-6,9-15,17H,3-4,7-8H2,1-2H3,(H,24,25). The van der Waals surface area contributed by atoms with Gasteiger partial charge in [-0.3, -0.25) is 4.98 Å². The highest BCUT2D eigenvalue weighted by atomic mass is 16.5. The zero-order valence-electron chi connectivity index (χ0n) is 15.8. The molecule has 1 heterocycles. The van der Waals surface area contributed by atoms with Crippen molar-refractivity contribution in [3.05, 3.63) is 54.2 Å². The van der Waals surface area contributed by atoms with Crippen molar-refractivity contribution in [1.29, 1.82) is 0 Å². The van der Waals surface area contributed by atoms with Gasteiger partial charge in [0.25, 0.3) is 0 Å². The lowest BCUT2D eigenvalue weighted by atomic mass is 10.1. The van der Waals surface area contributed by atoms with Crippen LogP contribution in [0.4, 0.5) is 5.82 Å². The highest BCUT2D eigenvalue weighted by Crippen LogP contribution is 2.34. The number of benzene rings is 2. The number of methoxy groups -OCH3 is 1. The van der Waals surface area contributed by atoms with Gasteiger partial charge in [-0.1, -0.05) is 18.2 Å². The Kier molecular flexibility index (Phi) is 5.10. The summed E-state index contributed by atoms with van der Waals surface area (Å²) >= 11 is 0. The van der Waals surface area contributed by atoms with Crippen molar-refractivity contribution < 1.29 is 9.47 Å². The van der Waals surface area contributed by atoms with E-state index < -0.39 is 0 Å². The van der Waals surface area contributed by atoms with Gasteiger partial charge in [0, 0.05) is 0 Å². The maximum absolute atomic E-state index is 6.13. The van der Waals surface area contributed by atoms with Gasteiger partial charge in [0.1, 0.15) is 5.82 Å². The number of anilines is 1. The molecule has 0 spiro atoms. The van der Waals surface area contributed by atoms with E-state index >= 15 is 0 Å². The first-order valence-electron chi connectivity index (χ1n) is 9.56. The highest BCUT2D eigenvalue weighted by molar-refractivity contribution is 5.75. The molecule has 1 aliphatic carbocycles. The van der Waals surface area contributed by atoms with Gasteiger partial charge in [-0.25, -0.2) is 4.98 Å². The number of rotatable bonds is 6. The van der Waals surface area contributed by atoms with Crippen molar-refractivity contribution in [3.8, 4) is 11.5 Å². The average Bonchev–Trinajstić information content (AvgIpc) is 3.21. The van der Waals surface area contributed by atoms with Gasteiger partial charge in [0.05, 0.1) is 36.5 Å². The number of nitrogens with one attached hydrogen (secondary N) is 1. The van der Waals surface area contributed by atoms with Crippen molar-refractivity contribution in [1.82, 2.24) is 9.97 Å². The summed E-state index contributed by atoms with van der Waals surface area (Å²) in [5.41, 5.74) is 2.89. The Balaban J connectivity index is 1.50. The topological polar surface area (TPSA) is 56.3 Å². The normalized spacial score (nSPS) is 15.6. The van der Waals surface area contributed by atoms with E-state index in [1.165, 1.54) is 12.8 Å². The minimum absolute atomic E-state index is 0.0647. The van der Waals surface area contributed by atoms with Gasteiger partial charge in [0.15, 0.2) is 11.5 Å². The minimum Gasteiger partial charge on any atom is -0.493 e. The van der Waals surface area contributed by atoms with Crippen LogP contribution in [-0.4, -0.2) is 23.2 Å². The van der Waals surface area contributed by atoms with Crippen LogP contribution in [0.15, 0.2) is 48.7 Å². The molecule has 1 N–H and O–H groups in total. The smallest absolute Gasteiger partial charge is 0.161 e. The Morgan fingerprint density at radius 3 is 2.59 bits per heavy atom. The van der Waals surface area contributed by atoms with Crippen LogP contribution < -0.4 is 14.8 Å². The second-order valence-electron chi connectivity index (χ2n) is 7.04. The molecule has 1 atom stereocenters. The van der Waals surface area contributed by atoms with E-state index in [2.05, 4.69) is 28.3 Å². The van der Waals surface area contributed by atoms with E-state index in [1.807, 2.05) is 36.4 Å². The molecule has 5 heteroatoms. The molecular formula is C22H25N3O2. The summed E-state index contributed by atoms with van der Waals surface area (Å²) in [4.78, 5) is 9.10. The summed E-state index contributed by atoms with van der Waals surface area (Å²) in [6.45, 7) is 2.10. The Morgan fingerprint density at radius 2 is 1.81 bits per heavy atom. The molecule has 0 radical (unpaired) electrons. The Bertz CT molecular complexity index is 922. The summed E-state index contributed by atoms with van der Waals surface area (Å²) in [5, 5.41) is 3.42. The van der Waals surface area contributed by atoms with E-state index in [9.17, 15) is 0 Å². The van der Waals surface area contributed by atoms with Gasteiger partial charge in [-0.05, 0) is 62.4 Å². The summed E-state index contributed by atoms with van der Waals surface area (Å²) in [5.74, 6) is 2.36. The SMILES string of the molecule is COc1cc(C(C)Nc2cnc3ccccc3n2)ccc1OC1CCCC1. The number of fused-ring (bicyclic) bond motifs is 1. The molecule has 0 amide bonds. The zero-order valence-corrected chi connectivity index (χ0v) is 15.8. The van der Waals surface area contributed by atoms with Crippen molar-refractivity contribution in [3.63, 3.8) is 0 Å². The first kappa shape index (κ1) is 17.6. The van der Waals surface area contributed by atoms with Crippen molar-refractivity contribution in [2.45, 2.75) is 44.8 Å². The van der Waals surface area contributed by atoms with Crippen LogP contribution in [0, 0.1) is 0 Å². The fourth-order valence-electron chi connectivity index (χ4n) is 3.57. The molecule has 1 aromatic heterocycles. The predicted molar refractivity (Wildman–Crippen MR) is 107 cm³/mol. The Morgan fingerprint density at radius 1 is 1.04 bits per heavy atom. The monoisotopic (exact) mass is 363 g/mol. The first-order chi connectivity index (χ1) is 13.2. The number of ether oxygens (including phenoxy) is 2. The minimum atomic E-state index is 0.0647. The molecule has 1 saturated carbocycles. The number of para-hydroxylation sites is 2. The van der Waals surface area contributed by atoms with Crippen LogP contribution in [0.2, 0.25) is 0 Å². The number of hydrogen-bond acceptors (Lipinski definition) is 5. The van der Waals surface area contributed by atoms with Crippen LogP contribution >= 0.6 is 0 Å². The molecule has 0 bridgehead atoms. The molecule has 1 fully saturated rings. The number of aromatic nitrogens is 2. The van der Waals surface area contributed by atoms with Gasteiger partial charge in [-0.15, -0.1) is 0 Å². The third kappa shape index (κ3) is 3.97. The highest BCUT2D eigenvalue weighted by Gasteiger charge is 2.19. The van der Waals surface area contributed by atoms with E-state index in [-0.39, 0.29) is 6.04 Å². The molecule has 5 nitrogen and oxygen atoms in total. The fraction of sp³-hybridized carbons (Fsp3) is 0.364. The quantitative estimate of drug-likeness (QED) is 0.658. The third-order valence-electron chi connectivity index (χ3n) is 5.10. The van der Waals surface area contributed by atoms with E-state index in [0.717, 1.165) is 46.8 Å². The largest absolute Gasteiger partial charge is 0.493 e. The van der Waals surface area contributed by atoms with Crippen molar-refractivity contribution in [2.24, 2.45) is 0 Å². The second-order valence-corrected chi connectivity index (χ2v) is 7.04. The lowest BCUT2D eigenvalue weighted by Gasteiger charge is -2.19. The molecule has 0 aliphatic heterocycles. The molecule has 27 heavy (non-hydrogen) atoms. The zero-order chi connectivity index (χ0) is 18.6. The first-order valence-corrected chi connectivity index (χ1v) is 9.56. The fourth-order valence-corrected chi connectivity index (χ4v) is 3.57. The summed E-state index contributed by atoms with van der Waals surface area (Å²) in [7, 11) is 1.69. The maximum atomic E-state index is 6.13. The molecule has 140 valence electrons. The average molecular weight is 363 g/mol. The van der Waals surface area contributed by atoms with Gasteiger partial charge in [0.2, 0.25) is 0 Å². The van der Waals surface area contributed by atoms with Crippen LogP contribution in [0.5, 0.6) is 11.5 Å². The van der Waals surface area contributed by atoms with Crippen LogP contribution in [-0.2, 0) is 0 Å². The molecule has 0 saturated heterocycles. The van der Waals surface area contributed by atoms with Crippen LogP contribution in [0.25, 0.3) is 11.0 Å². The van der Waals surface area contributed by atoms with Crippen LogP contribution in [0.1, 0.15) is 44.2 Å². The predicted octanol–water partition coefficient (Wildman–Crippen LogP) is 5.13. The van der Waals surface area contributed by atoms with Gasteiger partial charge < -0.3 is 14.8 Å². The lowest BCUT2D eigenvalue weighted by molar-refractivity contribution is 0.200. The number of hydrogen-bond donors (Lipinski definition) is 1. The van der Waals surface area contributed by atoms with E-state index in [4.69, 9.17) is 9.47 Å². The summed E-state index contributed by atoms with van der Waals surface area (Å²) in [6, 6.07) is 14.1.